The standard InChI is InChI=1S/C23H27N3O5S/c1-16(17-5-3-2-4-6-17)14-24-23(28)18-9-11-26(12-10-18)32(29,30)19-7-8-21-20(13-19)25-22(27)15-31-21/h2-8,13,16,18H,9-12,14-15H2,1H3,(H,24,28)(H,25,27)/t16-/m1/s1. The van der Waals surface area contributed by atoms with Gasteiger partial charge in [0.05, 0.1) is 10.6 Å². The van der Waals surface area contributed by atoms with Gasteiger partial charge in [-0.05, 0) is 42.5 Å². The molecule has 9 heteroatoms. The number of hydrogen-bond donors (Lipinski definition) is 2. The van der Waals surface area contributed by atoms with Crippen molar-refractivity contribution in [2.45, 2.75) is 30.6 Å². The van der Waals surface area contributed by atoms with Crippen LogP contribution < -0.4 is 15.4 Å². The van der Waals surface area contributed by atoms with Crippen molar-refractivity contribution in [1.82, 2.24) is 9.62 Å². The molecule has 2 N–H and O–H groups in total. The van der Waals surface area contributed by atoms with Gasteiger partial charge in [0.2, 0.25) is 15.9 Å². The summed E-state index contributed by atoms with van der Waals surface area (Å²) in [6, 6.07) is 14.5. The zero-order valence-corrected chi connectivity index (χ0v) is 18.7. The van der Waals surface area contributed by atoms with Crippen molar-refractivity contribution in [3.8, 4) is 5.75 Å². The minimum atomic E-state index is -3.73. The van der Waals surface area contributed by atoms with Gasteiger partial charge < -0.3 is 15.4 Å². The Balaban J connectivity index is 1.33. The summed E-state index contributed by atoms with van der Waals surface area (Å²) in [4.78, 5) is 24.2. The smallest absolute Gasteiger partial charge is 0.262 e. The summed E-state index contributed by atoms with van der Waals surface area (Å²) in [6.45, 7) is 3.07. The van der Waals surface area contributed by atoms with E-state index < -0.39 is 10.0 Å². The SMILES string of the molecule is C[C@H](CNC(=O)C1CCN(S(=O)(=O)c2ccc3c(c2)NC(=O)CO3)CC1)c1ccccc1. The van der Waals surface area contributed by atoms with Gasteiger partial charge in [-0.15, -0.1) is 0 Å². The van der Waals surface area contributed by atoms with Gasteiger partial charge in [0.1, 0.15) is 5.75 Å². The first-order chi connectivity index (χ1) is 15.3. The highest BCUT2D eigenvalue weighted by atomic mass is 32.2. The lowest BCUT2D eigenvalue weighted by molar-refractivity contribution is -0.126. The van der Waals surface area contributed by atoms with E-state index in [-0.39, 0.29) is 48.2 Å². The quantitative estimate of drug-likeness (QED) is 0.693. The molecule has 1 fully saturated rings. The Kier molecular flexibility index (Phi) is 6.48. The summed E-state index contributed by atoms with van der Waals surface area (Å²) in [5.41, 5.74) is 1.52. The number of carbonyl (C=O) groups excluding carboxylic acids is 2. The van der Waals surface area contributed by atoms with E-state index in [1.807, 2.05) is 30.3 Å². The number of fused-ring (bicyclic) bond motifs is 1. The van der Waals surface area contributed by atoms with Crippen LogP contribution in [0.5, 0.6) is 5.75 Å². The fourth-order valence-electron chi connectivity index (χ4n) is 4.03. The molecule has 0 bridgehead atoms. The molecule has 2 aromatic rings. The molecule has 0 saturated carbocycles. The first kappa shape index (κ1) is 22.3. The molecule has 2 heterocycles. The molecule has 2 aliphatic heterocycles. The van der Waals surface area contributed by atoms with E-state index in [9.17, 15) is 18.0 Å². The molecular weight excluding hydrogens is 430 g/mol. The largest absolute Gasteiger partial charge is 0.482 e. The van der Waals surface area contributed by atoms with Crippen molar-refractivity contribution in [2.24, 2.45) is 5.92 Å². The number of anilines is 1. The van der Waals surface area contributed by atoms with Crippen LogP contribution in [-0.4, -0.2) is 50.8 Å². The monoisotopic (exact) mass is 457 g/mol. The van der Waals surface area contributed by atoms with Crippen molar-refractivity contribution >= 4 is 27.5 Å². The third-order valence-corrected chi connectivity index (χ3v) is 7.89. The van der Waals surface area contributed by atoms with Crippen molar-refractivity contribution in [3.05, 3.63) is 54.1 Å². The molecule has 2 aromatic carbocycles. The predicted molar refractivity (Wildman–Crippen MR) is 120 cm³/mol. The van der Waals surface area contributed by atoms with E-state index >= 15 is 0 Å². The van der Waals surface area contributed by atoms with E-state index in [4.69, 9.17) is 4.74 Å². The topological polar surface area (TPSA) is 105 Å². The fraction of sp³-hybridized carbons (Fsp3) is 0.391. The molecular formula is C23H27N3O5S. The summed E-state index contributed by atoms with van der Waals surface area (Å²) in [5.74, 6) is 0.0947. The molecule has 0 aliphatic carbocycles. The number of sulfonamides is 1. The van der Waals surface area contributed by atoms with Crippen molar-refractivity contribution in [1.29, 1.82) is 0 Å². The molecule has 1 saturated heterocycles. The van der Waals surface area contributed by atoms with Crippen LogP contribution in [0.4, 0.5) is 5.69 Å². The normalized spacial score (nSPS) is 18.2. The molecule has 4 rings (SSSR count). The zero-order chi connectivity index (χ0) is 22.7. The van der Waals surface area contributed by atoms with Gasteiger partial charge in [-0.25, -0.2) is 8.42 Å². The summed E-state index contributed by atoms with van der Waals surface area (Å²) >= 11 is 0. The number of amides is 2. The lowest BCUT2D eigenvalue weighted by Gasteiger charge is -2.31. The zero-order valence-electron chi connectivity index (χ0n) is 17.9. The molecule has 0 radical (unpaired) electrons. The molecule has 2 aliphatic rings. The Morgan fingerprint density at radius 3 is 2.62 bits per heavy atom. The number of benzene rings is 2. The Bertz CT molecular complexity index is 1100. The number of nitrogens with one attached hydrogen (secondary N) is 2. The minimum absolute atomic E-state index is 0.0292. The molecule has 0 aromatic heterocycles. The average Bonchev–Trinajstić information content (AvgIpc) is 2.82. The first-order valence-electron chi connectivity index (χ1n) is 10.7. The lowest BCUT2D eigenvalue weighted by Crippen LogP contribution is -2.43. The van der Waals surface area contributed by atoms with Crippen LogP contribution in [0.1, 0.15) is 31.2 Å². The van der Waals surface area contributed by atoms with Gasteiger partial charge in [0.15, 0.2) is 6.61 Å². The second kappa shape index (κ2) is 9.30. The molecule has 8 nitrogen and oxygen atoms in total. The number of rotatable bonds is 6. The molecule has 1 atom stereocenters. The second-order valence-corrected chi connectivity index (χ2v) is 10.2. The van der Waals surface area contributed by atoms with Crippen LogP contribution in [-0.2, 0) is 19.6 Å². The van der Waals surface area contributed by atoms with Crippen LogP contribution in [0.15, 0.2) is 53.4 Å². The molecule has 0 unspecified atom stereocenters. The number of piperidine rings is 1. The van der Waals surface area contributed by atoms with Gasteiger partial charge in [0.25, 0.3) is 5.91 Å². The summed E-state index contributed by atoms with van der Waals surface area (Å²) in [6.07, 6.45) is 0.936. The number of hydrogen-bond acceptors (Lipinski definition) is 5. The number of ether oxygens (including phenoxy) is 1. The maximum Gasteiger partial charge on any atom is 0.262 e. The second-order valence-electron chi connectivity index (χ2n) is 8.23. The first-order valence-corrected chi connectivity index (χ1v) is 12.2. The highest BCUT2D eigenvalue weighted by Crippen LogP contribution is 2.32. The molecule has 2 amide bonds. The van der Waals surface area contributed by atoms with E-state index in [2.05, 4.69) is 17.6 Å². The van der Waals surface area contributed by atoms with E-state index in [1.54, 1.807) is 6.07 Å². The highest BCUT2D eigenvalue weighted by molar-refractivity contribution is 7.89. The summed E-state index contributed by atoms with van der Waals surface area (Å²) in [5, 5.41) is 5.65. The van der Waals surface area contributed by atoms with Crippen LogP contribution >= 0.6 is 0 Å². The number of carbonyl (C=O) groups is 2. The Hall–Kier alpha value is -2.91. The maximum atomic E-state index is 13.1. The van der Waals surface area contributed by atoms with Crippen LogP contribution in [0.3, 0.4) is 0 Å². The number of nitrogens with zero attached hydrogens (tertiary/aromatic N) is 1. The maximum absolute atomic E-state index is 13.1. The Labute approximate surface area is 188 Å². The summed E-state index contributed by atoms with van der Waals surface area (Å²) in [7, 11) is -3.73. The highest BCUT2D eigenvalue weighted by Gasteiger charge is 2.33. The van der Waals surface area contributed by atoms with Crippen molar-refractivity contribution < 1.29 is 22.7 Å². The van der Waals surface area contributed by atoms with E-state index in [1.165, 1.54) is 22.0 Å². The third-order valence-electron chi connectivity index (χ3n) is 6.00. The van der Waals surface area contributed by atoms with Crippen molar-refractivity contribution in [3.63, 3.8) is 0 Å². The van der Waals surface area contributed by atoms with Crippen LogP contribution in [0.25, 0.3) is 0 Å². The molecule has 170 valence electrons. The predicted octanol–water partition coefficient (Wildman–Crippen LogP) is 2.34. The van der Waals surface area contributed by atoms with Gasteiger partial charge in [-0.3, -0.25) is 9.59 Å². The lowest BCUT2D eigenvalue weighted by atomic mass is 9.96. The third kappa shape index (κ3) is 4.78. The van der Waals surface area contributed by atoms with Gasteiger partial charge in [0, 0.05) is 25.6 Å². The van der Waals surface area contributed by atoms with E-state index in [0.717, 1.165) is 0 Å². The van der Waals surface area contributed by atoms with E-state index in [0.29, 0.717) is 30.8 Å². The Morgan fingerprint density at radius 2 is 1.91 bits per heavy atom. The fourth-order valence-corrected chi connectivity index (χ4v) is 5.52. The van der Waals surface area contributed by atoms with Gasteiger partial charge in [-0.2, -0.15) is 4.31 Å². The molecule has 32 heavy (non-hydrogen) atoms. The van der Waals surface area contributed by atoms with Gasteiger partial charge >= 0.3 is 0 Å². The van der Waals surface area contributed by atoms with Gasteiger partial charge in [-0.1, -0.05) is 37.3 Å². The summed E-state index contributed by atoms with van der Waals surface area (Å²) < 4.78 is 32.8. The van der Waals surface area contributed by atoms with Crippen LogP contribution in [0, 0.1) is 5.92 Å². The minimum Gasteiger partial charge on any atom is -0.482 e. The van der Waals surface area contributed by atoms with Crippen molar-refractivity contribution in [2.75, 3.05) is 31.6 Å². The Morgan fingerprint density at radius 1 is 1.19 bits per heavy atom. The molecule has 0 spiro atoms. The average molecular weight is 458 g/mol. The van der Waals surface area contributed by atoms with Crippen LogP contribution in [0.2, 0.25) is 0 Å².